The summed E-state index contributed by atoms with van der Waals surface area (Å²) in [7, 11) is 0. The van der Waals surface area contributed by atoms with Gasteiger partial charge in [-0.1, -0.05) is 82.8 Å². The summed E-state index contributed by atoms with van der Waals surface area (Å²) in [5, 5.41) is 3.43. The minimum atomic E-state index is -0.0295. The molecule has 3 rings (SSSR count). The van der Waals surface area contributed by atoms with Gasteiger partial charge in [-0.3, -0.25) is 0 Å². The molecule has 1 aliphatic carbocycles. The molecule has 134 valence electrons. The van der Waals surface area contributed by atoms with E-state index < -0.39 is 0 Å². The SMILES string of the molecule is C=C(C)c1ccc(NC(=C)c2ccc3c(c2)C(C)(C)C(=C)C3(C)C)cc1. The van der Waals surface area contributed by atoms with Gasteiger partial charge in [-0.25, -0.2) is 0 Å². The van der Waals surface area contributed by atoms with Gasteiger partial charge in [-0.15, -0.1) is 0 Å². The fourth-order valence-electron chi connectivity index (χ4n) is 3.98. The summed E-state index contributed by atoms with van der Waals surface area (Å²) in [6.07, 6.45) is 0. The molecule has 0 spiro atoms. The molecular formula is C25H29N. The summed E-state index contributed by atoms with van der Waals surface area (Å²) < 4.78 is 0. The van der Waals surface area contributed by atoms with E-state index >= 15 is 0 Å². The van der Waals surface area contributed by atoms with Crippen LogP contribution < -0.4 is 5.32 Å². The average molecular weight is 344 g/mol. The smallest absolute Gasteiger partial charge is 0.0384 e. The summed E-state index contributed by atoms with van der Waals surface area (Å²) in [5.41, 5.74) is 9.24. The number of rotatable bonds is 4. The lowest BCUT2D eigenvalue weighted by Crippen LogP contribution is -2.22. The lowest BCUT2D eigenvalue weighted by molar-refractivity contribution is 0.553. The van der Waals surface area contributed by atoms with E-state index in [1.807, 2.05) is 6.92 Å². The summed E-state index contributed by atoms with van der Waals surface area (Å²) in [6, 6.07) is 15.0. The third-order valence-corrected chi connectivity index (χ3v) is 5.90. The first-order valence-corrected chi connectivity index (χ1v) is 9.12. The van der Waals surface area contributed by atoms with Gasteiger partial charge in [-0.05, 0) is 47.4 Å². The fraction of sp³-hybridized carbons (Fsp3) is 0.280. The van der Waals surface area contributed by atoms with Crippen molar-refractivity contribution < 1.29 is 0 Å². The molecule has 0 fully saturated rings. The highest BCUT2D eigenvalue weighted by molar-refractivity contribution is 5.77. The van der Waals surface area contributed by atoms with Crippen molar-refractivity contribution in [2.45, 2.75) is 45.4 Å². The molecule has 0 unspecified atom stereocenters. The van der Waals surface area contributed by atoms with Crippen LogP contribution in [0, 0.1) is 0 Å². The Labute approximate surface area is 158 Å². The topological polar surface area (TPSA) is 12.0 Å². The van der Waals surface area contributed by atoms with Crippen molar-refractivity contribution in [2.75, 3.05) is 5.32 Å². The van der Waals surface area contributed by atoms with Crippen molar-refractivity contribution in [1.29, 1.82) is 0 Å². The molecule has 0 heterocycles. The number of fused-ring (bicyclic) bond motifs is 1. The van der Waals surface area contributed by atoms with Crippen molar-refractivity contribution in [3.63, 3.8) is 0 Å². The maximum atomic E-state index is 4.39. The second kappa shape index (κ2) is 6.02. The van der Waals surface area contributed by atoms with Gasteiger partial charge >= 0.3 is 0 Å². The van der Waals surface area contributed by atoms with Crippen LogP contribution in [0.3, 0.4) is 0 Å². The van der Waals surface area contributed by atoms with E-state index in [0.29, 0.717) is 0 Å². The van der Waals surface area contributed by atoms with Gasteiger partial charge in [0.1, 0.15) is 0 Å². The minimum Gasteiger partial charge on any atom is -0.356 e. The molecule has 26 heavy (non-hydrogen) atoms. The molecule has 1 aliphatic rings. The Morgan fingerprint density at radius 1 is 0.808 bits per heavy atom. The lowest BCUT2D eigenvalue weighted by atomic mass is 9.77. The molecule has 0 bridgehead atoms. The van der Waals surface area contributed by atoms with Crippen LogP contribution in [0.2, 0.25) is 0 Å². The summed E-state index contributed by atoms with van der Waals surface area (Å²) in [4.78, 5) is 0. The molecule has 0 saturated carbocycles. The zero-order valence-corrected chi connectivity index (χ0v) is 16.7. The van der Waals surface area contributed by atoms with E-state index in [0.717, 1.165) is 28.1 Å². The number of allylic oxidation sites excluding steroid dienone is 2. The van der Waals surface area contributed by atoms with Gasteiger partial charge in [0.15, 0.2) is 0 Å². The molecule has 1 heteroatoms. The van der Waals surface area contributed by atoms with Crippen LogP contribution in [0.1, 0.15) is 56.9 Å². The number of hydrogen-bond donors (Lipinski definition) is 1. The zero-order valence-electron chi connectivity index (χ0n) is 16.7. The Hall–Kier alpha value is -2.54. The van der Waals surface area contributed by atoms with Gasteiger partial charge in [0, 0.05) is 22.2 Å². The Balaban J connectivity index is 1.89. The lowest BCUT2D eigenvalue weighted by Gasteiger charge is -2.27. The first-order chi connectivity index (χ1) is 12.0. The van der Waals surface area contributed by atoms with Crippen molar-refractivity contribution in [3.05, 3.63) is 90.0 Å². The molecule has 1 N–H and O–H groups in total. The van der Waals surface area contributed by atoms with Crippen LogP contribution in [0.25, 0.3) is 11.3 Å². The van der Waals surface area contributed by atoms with Crippen LogP contribution in [-0.4, -0.2) is 0 Å². The second-order valence-electron chi connectivity index (χ2n) is 8.45. The van der Waals surface area contributed by atoms with Crippen LogP contribution in [0.15, 0.2) is 67.8 Å². The molecule has 0 atom stereocenters. The maximum Gasteiger partial charge on any atom is 0.0384 e. The van der Waals surface area contributed by atoms with E-state index in [9.17, 15) is 0 Å². The Bertz CT molecular complexity index is 908. The maximum absolute atomic E-state index is 4.39. The highest BCUT2D eigenvalue weighted by Gasteiger charge is 2.45. The fourth-order valence-corrected chi connectivity index (χ4v) is 3.98. The Kier molecular flexibility index (Phi) is 4.23. The van der Waals surface area contributed by atoms with Crippen LogP contribution in [-0.2, 0) is 10.8 Å². The van der Waals surface area contributed by atoms with Crippen LogP contribution >= 0.6 is 0 Å². The largest absolute Gasteiger partial charge is 0.356 e. The average Bonchev–Trinajstić information content (AvgIpc) is 2.73. The monoisotopic (exact) mass is 343 g/mol. The zero-order chi connectivity index (χ0) is 19.3. The molecule has 0 saturated heterocycles. The van der Waals surface area contributed by atoms with E-state index in [1.54, 1.807) is 0 Å². The third kappa shape index (κ3) is 2.82. The molecule has 0 radical (unpaired) electrons. The molecule has 2 aromatic rings. The Morgan fingerprint density at radius 3 is 1.92 bits per heavy atom. The molecule has 0 amide bonds. The first-order valence-electron chi connectivity index (χ1n) is 9.12. The highest BCUT2D eigenvalue weighted by atomic mass is 14.9. The standard InChI is InChI=1S/C25H29N/c1-16(2)19-9-12-21(13-10-19)26-17(3)20-11-14-22-23(15-20)25(7,8)18(4)24(22,5)6/h9-15,26H,1,3-4H2,2,5-8H3. The van der Waals surface area contributed by atoms with Gasteiger partial charge in [0.05, 0.1) is 0 Å². The molecular weight excluding hydrogens is 314 g/mol. The van der Waals surface area contributed by atoms with E-state index in [4.69, 9.17) is 0 Å². The first kappa shape index (κ1) is 18.3. The van der Waals surface area contributed by atoms with Crippen molar-refractivity contribution >= 4 is 17.0 Å². The summed E-state index contributed by atoms with van der Waals surface area (Å²) >= 11 is 0. The molecule has 2 aromatic carbocycles. The summed E-state index contributed by atoms with van der Waals surface area (Å²) in [5.74, 6) is 0. The van der Waals surface area contributed by atoms with Gasteiger partial charge in [0.2, 0.25) is 0 Å². The molecule has 1 nitrogen and oxygen atoms in total. The van der Waals surface area contributed by atoms with E-state index in [1.165, 1.54) is 16.7 Å². The van der Waals surface area contributed by atoms with E-state index in [2.05, 4.69) is 95.2 Å². The highest BCUT2D eigenvalue weighted by Crippen LogP contribution is 2.52. The van der Waals surface area contributed by atoms with E-state index in [-0.39, 0.29) is 10.8 Å². The molecule has 0 aliphatic heterocycles. The number of hydrogen-bond acceptors (Lipinski definition) is 1. The number of nitrogens with one attached hydrogen (secondary N) is 1. The minimum absolute atomic E-state index is 0.00447. The summed E-state index contributed by atoms with van der Waals surface area (Å²) in [6.45, 7) is 23.7. The third-order valence-electron chi connectivity index (χ3n) is 5.90. The van der Waals surface area contributed by atoms with Crippen molar-refractivity contribution in [2.24, 2.45) is 0 Å². The number of anilines is 1. The Morgan fingerprint density at radius 2 is 1.35 bits per heavy atom. The van der Waals surface area contributed by atoms with Gasteiger partial charge < -0.3 is 5.32 Å². The van der Waals surface area contributed by atoms with Crippen molar-refractivity contribution in [1.82, 2.24) is 0 Å². The van der Waals surface area contributed by atoms with Gasteiger partial charge in [0.25, 0.3) is 0 Å². The normalized spacial score (nSPS) is 16.9. The predicted molar refractivity (Wildman–Crippen MR) is 115 cm³/mol. The van der Waals surface area contributed by atoms with Gasteiger partial charge in [-0.2, -0.15) is 0 Å². The second-order valence-corrected chi connectivity index (χ2v) is 8.45. The molecule has 0 aromatic heterocycles. The quantitative estimate of drug-likeness (QED) is 0.594. The predicted octanol–water partition coefficient (Wildman–Crippen LogP) is 6.93. The van der Waals surface area contributed by atoms with Crippen LogP contribution in [0.4, 0.5) is 5.69 Å². The van der Waals surface area contributed by atoms with Crippen molar-refractivity contribution in [3.8, 4) is 0 Å². The number of benzene rings is 2. The van der Waals surface area contributed by atoms with Crippen LogP contribution in [0.5, 0.6) is 0 Å².